The highest BCUT2D eigenvalue weighted by Crippen LogP contribution is 2.26. The molecule has 0 aliphatic heterocycles. The lowest BCUT2D eigenvalue weighted by atomic mass is 10.2. The molecule has 0 aliphatic carbocycles. The molecule has 0 aromatic heterocycles. The second kappa shape index (κ2) is 4.60. The van der Waals surface area contributed by atoms with Crippen molar-refractivity contribution in [2.75, 3.05) is 13.1 Å². The van der Waals surface area contributed by atoms with Crippen molar-refractivity contribution < 1.29 is 18.0 Å². The second-order valence-corrected chi connectivity index (χ2v) is 2.73. The summed E-state index contributed by atoms with van der Waals surface area (Å²) in [6, 6.07) is -3.69. The number of alkyl halides is 3. The highest BCUT2D eigenvalue weighted by molar-refractivity contribution is 5.81. The van der Waals surface area contributed by atoms with Crippen LogP contribution in [0.25, 0.3) is 0 Å². The summed E-state index contributed by atoms with van der Waals surface area (Å²) < 4.78 is 38.9. The molecular formula is C8H14F3NO. The van der Waals surface area contributed by atoms with Crippen molar-refractivity contribution in [2.24, 2.45) is 0 Å². The Morgan fingerprint density at radius 2 is 1.77 bits per heavy atom. The molecule has 1 unspecified atom stereocenters. The Kier molecular flexibility index (Phi) is 4.39. The molecule has 0 fully saturated rings. The average Bonchev–Trinajstić information content (AvgIpc) is 2.04. The summed E-state index contributed by atoms with van der Waals surface area (Å²) >= 11 is 0. The Balaban J connectivity index is 4.60. The minimum Gasteiger partial charge on any atom is -0.296 e. The number of carbonyl (C=O) groups excluding carboxylic acids is 1. The van der Waals surface area contributed by atoms with E-state index in [-0.39, 0.29) is 13.1 Å². The van der Waals surface area contributed by atoms with Gasteiger partial charge in [-0.1, -0.05) is 13.8 Å². The van der Waals surface area contributed by atoms with Crippen LogP contribution in [0.5, 0.6) is 0 Å². The fourth-order valence-corrected chi connectivity index (χ4v) is 1.05. The SMILES string of the molecule is CCN(CC)C(F)(F)C(F)C(C)=O. The highest BCUT2D eigenvalue weighted by atomic mass is 19.3. The van der Waals surface area contributed by atoms with Crippen LogP contribution in [0.15, 0.2) is 0 Å². The molecule has 0 aromatic rings. The van der Waals surface area contributed by atoms with Crippen LogP contribution in [0.3, 0.4) is 0 Å². The molecule has 0 aromatic carbocycles. The maximum atomic E-state index is 13.1. The topological polar surface area (TPSA) is 20.3 Å². The number of hydrogen-bond acceptors (Lipinski definition) is 2. The Morgan fingerprint density at radius 1 is 1.38 bits per heavy atom. The number of carbonyl (C=O) groups is 1. The third kappa shape index (κ3) is 2.69. The van der Waals surface area contributed by atoms with Gasteiger partial charge >= 0.3 is 6.05 Å². The number of nitrogens with zero attached hydrogens (tertiary/aromatic N) is 1. The Bertz CT molecular complexity index is 180. The number of Topliss-reactive ketones (excluding diaryl/α,β-unsaturated/α-hetero) is 1. The summed E-state index contributed by atoms with van der Waals surface area (Å²) in [5.41, 5.74) is 0. The van der Waals surface area contributed by atoms with E-state index in [2.05, 4.69) is 0 Å². The fourth-order valence-electron chi connectivity index (χ4n) is 1.05. The summed E-state index contributed by atoms with van der Waals surface area (Å²) in [5.74, 6) is -1.14. The monoisotopic (exact) mass is 197 g/mol. The first-order valence-electron chi connectivity index (χ1n) is 4.15. The maximum absolute atomic E-state index is 13.1. The first kappa shape index (κ1) is 12.4. The van der Waals surface area contributed by atoms with Gasteiger partial charge in [0.1, 0.15) is 0 Å². The van der Waals surface area contributed by atoms with Crippen LogP contribution in [-0.4, -0.2) is 36.0 Å². The zero-order chi connectivity index (χ0) is 10.6. The minimum atomic E-state index is -3.69. The lowest BCUT2D eigenvalue weighted by Gasteiger charge is -2.30. The quantitative estimate of drug-likeness (QED) is 0.627. The average molecular weight is 197 g/mol. The summed E-state index contributed by atoms with van der Waals surface area (Å²) in [6.07, 6.45) is -2.73. The molecule has 2 nitrogen and oxygen atoms in total. The Hall–Kier alpha value is -0.580. The van der Waals surface area contributed by atoms with E-state index in [1.165, 1.54) is 13.8 Å². The first-order chi connectivity index (χ1) is 5.87. The van der Waals surface area contributed by atoms with Gasteiger partial charge in [0, 0.05) is 13.1 Å². The van der Waals surface area contributed by atoms with Gasteiger partial charge in [0.05, 0.1) is 0 Å². The largest absolute Gasteiger partial charge is 0.342 e. The van der Waals surface area contributed by atoms with E-state index in [9.17, 15) is 18.0 Å². The van der Waals surface area contributed by atoms with Crippen molar-refractivity contribution in [3.05, 3.63) is 0 Å². The van der Waals surface area contributed by atoms with Crippen LogP contribution in [0.1, 0.15) is 20.8 Å². The molecule has 13 heavy (non-hydrogen) atoms. The maximum Gasteiger partial charge on any atom is 0.342 e. The standard InChI is InChI=1S/C8H14F3NO/c1-4-12(5-2)8(10,11)7(9)6(3)13/h7H,4-5H2,1-3H3. The van der Waals surface area contributed by atoms with Gasteiger partial charge in [-0.05, 0) is 6.92 Å². The van der Waals surface area contributed by atoms with E-state index < -0.39 is 18.0 Å². The molecule has 0 bridgehead atoms. The second-order valence-electron chi connectivity index (χ2n) is 2.73. The van der Waals surface area contributed by atoms with Crippen molar-refractivity contribution in [1.82, 2.24) is 4.90 Å². The van der Waals surface area contributed by atoms with Gasteiger partial charge in [0.25, 0.3) is 0 Å². The molecule has 0 spiro atoms. The van der Waals surface area contributed by atoms with Gasteiger partial charge in [0.15, 0.2) is 5.78 Å². The lowest BCUT2D eigenvalue weighted by molar-refractivity contribution is -0.190. The van der Waals surface area contributed by atoms with Crippen molar-refractivity contribution in [1.29, 1.82) is 0 Å². The van der Waals surface area contributed by atoms with Crippen molar-refractivity contribution in [3.63, 3.8) is 0 Å². The van der Waals surface area contributed by atoms with Crippen LogP contribution in [-0.2, 0) is 4.79 Å². The summed E-state index contributed by atoms with van der Waals surface area (Å²) in [6.45, 7) is 3.82. The number of ketones is 1. The van der Waals surface area contributed by atoms with E-state index in [0.29, 0.717) is 4.90 Å². The van der Waals surface area contributed by atoms with Crippen LogP contribution < -0.4 is 0 Å². The first-order valence-corrected chi connectivity index (χ1v) is 4.15. The molecule has 5 heteroatoms. The number of rotatable bonds is 5. The zero-order valence-electron chi connectivity index (χ0n) is 7.98. The van der Waals surface area contributed by atoms with E-state index in [1.807, 2.05) is 0 Å². The van der Waals surface area contributed by atoms with E-state index >= 15 is 0 Å². The molecule has 1 atom stereocenters. The van der Waals surface area contributed by atoms with Gasteiger partial charge in [-0.3, -0.25) is 4.79 Å². The predicted molar refractivity (Wildman–Crippen MR) is 43.4 cm³/mol. The predicted octanol–water partition coefficient (Wildman–Crippen LogP) is 1.85. The van der Waals surface area contributed by atoms with Gasteiger partial charge in [-0.25, -0.2) is 9.29 Å². The van der Waals surface area contributed by atoms with Crippen LogP contribution in [0.4, 0.5) is 13.2 Å². The zero-order valence-corrected chi connectivity index (χ0v) is 7.98. The van der Waals surface area contributed by atoms with Gasteiger partial charge in [0.2, 0.25) is 6.17 Å². The van der Waals surface area contributed by atoms with Crippen molar-refractivity contribution in [2.45, 2.75) is 33.0 Å². The molecule has 0 rings (SSSR count). The Morgan fingerprint density at radius 3 is 2.00 bits per heavy atom. The van der Waals surface area contributed by atoms with Crippen molar-refractivity contribution in [3.8, 4) is 0 Å². The van der Waals surface area contributed by atoms with Gasteiger partial charge < -0.3 is 0 Å². The molecular weight excluding hydrogens is 183 g/mol. The van der Waals surface area contributed by atoms with Crippen molar-refractivity contribution >= 4 is 5.78 Å². The molecule has 0 amide bonds. The number of hydrogen-bond donors (Lipinski definition) is 0. The van der Waals surface area contributed by atoms with Crippen LogP contribution in [0, 0.1) is 0 Å². The van der Waals surface area contributed by atoms with E-state index in [4.69, 9.17) is 0 Å². The lowest BCUT2D eigenvalue weighted by Crippen LogP contribution is -2.50. The third-order valence-electron chi connectivity index (χ3n) is 1.85. The van der Waals surface area contributed by atoms with Crippen LogP contribution in [0.2, 0.25) is 0 Å². The summed E-state index contributed by atoms with van der Waals surface area (Å²) in [7, 11) is 0. The molecule has 0 radical (unpaired) electrons. The molecule has 0 saturated carbocycles. The van der Waals surface area contributed by atoms with Gasteiger partial charge in [-0.15, -0.1) is 0 Å². The molecule has 0 aliphatic rings. The molecule has 0 saturated heterocycles. The third-order valence-corrected chi connectivity index (χ3v) is 1.85. The van der Waals surface area contributed by atoms with Crippen LogP contribution >= 0.6 is 0 Å². The number of halogens is 3. The highest BCUT2D eigenvalue weighted by Gasteiger charge is 2.47. The van der Waals surface area contributed by atoms with E-state index in [1.54, 1.807) is 0 Å². The normalized spacial score (nSPS) is 14.7. The molecule has 78 valence electrons. The summed E-state index contributed by atoms with van der Waals surface area (Å²) in [5, 5.41) is 0. The van der Waals surface area contributed by atoms with Gasteiger partial charge in [-0.2, -0.15) is 8.78 Å². The fraction of sp³-hybridized carbons (Fsp3) is 0.875. The molecule has 0 heterocycles. The smallest absolute Gasteiger partial charge is 0.296 e. The van der Waals surface area contributed by atoms with E-state index in [0.717, 1.165) is 6.92 Å². The Labute approximate surface area is 75.7 Å². The minimum absolute atomic E-state index is 0.0111. The summed E-state index contributed by atoms with van der Waals surface area (Å²) in [4.78, 5) is 11.1. The molecule has 0 N–H and O–H groups in total.